The molecule has 1 aromatic carbocycles. The molecular weight excluding hydrogens is 350 g/mol. The Hall–Kier alpha value is -2.27. The van der Waals surface area contributed by atoms with Gasteiger partial charge in [-0.1, -0.05) is 25.4 Å². The van der Waals surface area contributed by atoms with Gasteiger partial charge in [-0.25, -0.2) is 0 Å². The number of hydrogen-bond donors (Lipinski definition) is 1. The van der Waals surface area contributed by atoms with Gasteiger partial charge in [-0.3, -0.25) is 9.78 Å². The lowest BCUT2D eigenvalue weighted by molar-refractivity contribution is 0.102. The minimum Gasteiger partial charge on any atom is -0.495 e. The number of rotatable bonds is 8. The SMILES string of the molecule is CCCN(CCC)c1ccnc(C(=O)Nc2cc(C)c(Cl)cc2OC)c1. The van der Waals surface area contributed by atoms with Crippen LogP contribution >= 0.6 is 11.6 Å². The molecule has 0 fully saturated rings. The molecule has 0 spiro atoms. The fourth-order valence-electron chi connectivity index (χ4n) is 2.77. The third-order valence-electron chi connectivity index (χ3n) is 4.06. The third-order valence-corrected chi connectivity index (χ3v) is 4.46. The molecule has 0 atom stereocenters. The van der Waals surface area contributed by atoms with Gasteiger partial charge < -0.3 is 15.0 Å². The van der Waals surface area contributed by atoms with Gasteiger partial charge in [0.2, 0.25) is 0 Å². The fourth-order valence-corrected chi connectivity index (χ4v) is 2.92. The lowest BCUT2D eigenvalue weighted by Gasteiger charge is -2.24. The smallest absolute Gasteiger partial charge is 0.274 e. The van der Waals surface area contributed by atoms with E-state index in [-0.39, 0.29) is 5.91 Å². The normalized spacial score (nSPS) is 10.5. The molecule has 0 radical (unpaired) electrons. The Bertz CT molecular complexity index is 759. The summed E-state index contributed by atoms with van der Waals surface area (Å²) < 4.78 is 5.32. The first-order valence-electron chi connectivity index (χ1n) is 8.86. The lowest BCUT2D eigenvalue weighted by Crippen LogP contribution is -2.25. The van der Waals surface area contributed by atoms with Gasteiger partial charge in [0.25, 0.3) is 5.91 Å². The van der Waals surface area contributed by atoms with Gasteiger partial charge in [0.15, 0.2) is 0 Å². The Labute approximate surface area is 160 Å². The summed E-state index contributed by atoms with van der Waals surface area (Å²) in [7, 11) is 1.54. The molecule has 0 saturated heterocycles. The molecule has 6 heteroatoms. The molecule has 2 rings (SSSR count). The topological polar surface area (TPSA) is 54.5 Å². The van der Waals surface area contributed by atoms with E-state index in [0.29, 0.717) is 22.2 Å². The number of nitrogens with one attached hydrogen (secondary N) is 1. The van der Waals surface area contributed by atoms with E-state index in [1.165, 1.54) is 0 Å². The summed E-state index contributed by atoms with van der Waals surface area (Å²) in [4.78, 5) is 19.2. The zero-order valence-corrected chi connectivity index (χ0v) is 16.6. The van der Waals surface area contributed by atoms with Crippen molar-refractivity contribution in [3.63, 3.8) is 0 Å². The van der Waals surface area contributed by atoms with Crippen LogP contribution in [0.25, 0.3) is 0 Å². The van der Waals surface area contributed by atoms with E-state index < -0.39 is 0 Å². The van der Waals surface area contributed by atoms with Gasteiger partial charge in [-0.2, -0.15) is 0 Å². The number of benzene rings is 1. The van der Waals surface area contributed by atoms with Gasteiger partial charge in [0, 0.05) is 36.1 Å². The number of hydrogen-bond acceptors (Lipinski definition) is 4. The zero-order chi connectivity index (χ0) is 19.1. The van der Waals surface area contributed by atoms with Crippen molar-refractivity contribution in [1.29, 1.82) is 0 Å². The summed E-state index contributed by atoms with van der Waals surface area (Å²) in [6.07, 6.45) is 3.77. The minimum atomic E-state index is -0.278. The van der Waals surface area contributed by atoms with Crippen molar-refractivity contribution in [3.05, 3.63) is 46.7 Å². The average Bonchev–Trinajstić information content (AvgIpc) is 2.64. The Morgan fingerprint density at radius 1 is 1.23 bits per heavy atom. The summed E-state index contributed by atoms with van der Waals surface area (Å²) >= 11 is 6.12. The molecule has 0 saturated carbocycles. The average molecular weight is 376 g/mol. The van der Waals surface area contributed by atoms with Gasteiger partial charge in [0.05, 0.1) is 12.8 Å². The van der Waals surface area contributed by atoms with E-state index >= 15 is 0 Å². The molecule has 0 aliphatic heterocycles. The van der Waals surface area contributed by atoms with E-state index in [9.17, 15) is 4.79 Å². The second-order valence-electron chi connectivity index (χ2n) is 6.14. The van der Waals surface area contributed by atoms with Crippen LogP contribution in [0, 0.1) is 6.92 Å². The zero-order valence-electron chi connectivity index (χ0n) is 15.8. The van der Waals surface area contributed by atoms with Crippen LogP contribution in [-0.4, -0.2) is 31.1 Å². The van der Waals surface area contributed by atoms with Gasteiger partial charge in [0.1, 0.15) is 11.4 Å². The number of pyridine rings is 1. The number of nitrogens with zero attached hydrogens (tertiary/aromatic N) is 2. The van der Waals surface area contributed by atoms with Crippen LogP contribution in [0.3, 0.4) is 0 Å². The van der Waals surface area contributed by atoms with E-state index in [2.05, 4.69) is 29.0 Å². The highest BCUT2D eigenvalue weighted by Crippen LogP contribution is 2.31. The summed E-state index contributed by atoms with van der Waals surface area (Å²) in [5, 5.41) is 3.46. The third kappa shape index (κ3) is 4.88. The van der Waals surface area contributed by atoms with Gasteiger partial charge in [-0.05, 0) is 43.5 Å². The predicted molar refractivity (Wildman–Crippen MR) is 108 cm³/mol. The van der Waals surface area contributed by atoms with Crippen molar-refractivity contribution in [1.82, 2.24) is 4.98 Å². The van der Waals surface area contributed by atoms with Crippen molar-refractivity contribution in [2.75, 3.05) is 30.4 Å². The number of carbonyl (C=O) groups is 1. The molecular formula is C20H26ClN3O2. The van der Waals surface area contributed by atoms with E-state index in [4.69, 9.17) is 16.3 Å². The molecule has 5 nitrogen and oxygen atoms in total. The Morgan fingerprint density at radius 2 is 1.92 bits per heavy atom. The molecule has 140 valence electrons. The minimum absolute atomic E-state index is 0.278. The summed E-state index contributed by atoms with van der Waals surface area (Å²) in [6.45, 7) is 8.06. The monoisotopic (exact) mass is 375 g/mol. The maximum absolute atomic E-state index is 12.7. The van der Waals surface area contributed by atoms with E-state index in [1.54, 1.807) is 25.4 Å². The van der Waals surface area contributed by atoms with Crippen LogP contribution in [0.4, 0.5) is 11.4 Å². The molecule has 1 heterocycles. The summed E-state index contributed by atoms with van der Waals surface area (Å²) in [6, 6.07) is 7.26. The maximum Gasteiger partial charge on any atom is 0.274 e. The van der Waals surface area contributed by atoms with Crippen molar-refractivity contribution in [3.8, 4) is 5.75 Å². The quantitative estimate of drug-likeness (QED) is 0.710. The predicted octanol–water partition coefficient (Wildman–Crippen LogP) is 4.93. The largest absolute Gasteiger partial charge is 0.495 e. The Morgan fingerprint density at radius 3 is 2.54 bits per heavy atom. The van der Waals surface area contributed by atoms with Crippen LogP contribution in [0.15, 0.2) is 30.5 Å². The number of ether oxygens (including phenoxy) is 1. The molecule has 0 aliphatic carbocycles. The number of aryl methyl sites for hydroxylation is 1. The molecule has 0 unspecified atom stereocenters. The standard InChI is InChI=1S/C20H26ClN3O2/c1-5-9-24(10-6-2)15-7-8-22-18(12-15)20(25)23-17-11-14(3)16(21)13-19(17)26-4/h7-8,11-13H,5-6,9-10H2,1-4H3,(H,23,25). The van der Waals surface area contributed by atoms with Crippen molar-refractivity contribution >= 4 is 28.9 Å². The molecule has 0 aliphatic rings. The van der Waals surface area contributed by atoms with Crippen molar-refractivity contribution < 1.29 is 9.53 Å². The van der Waals surface area contributed by atoms with Crippen molar-refractivity contribution in [2.24, 2.45) is 0 Å². The number of halogens is 1. The van der Waals surface area contributed by atoms with E-state index in [0.717, 1.165) is 37.2 Å². The first-order valence-corrected chi connectivity index (χ1v) is 9.24. The highest BCUT2D eigenvalue weighted by atomic mass is 35.5. The second kappa shape index (κ2) is 9.43. The Kier molecular flexibility index (Phi) is 7.27. The highest BCUT2D eigenvalue weighted by molar-refractivity contribution is 6.31. The lowest BCUT2D eigenvalue weighted by atomic mass is 10.2. The van der Waals surface area contributed by atoms with Gasteiger partial charge in [-0.15, -0.1) is 0 Å². The van der Waals surface area contributed by atoms with Crippen molar-refractivity contribution in [2.45, 2.75) is 33.6 Å². The van der Waals surface area contributed by atoms with Crippen LogP contribution in [0.1, 0.15) is 42.7 Å². The molecule has 2 aromatic rings. The van der Waals surface area contributed by atoms with Crippen LogP contribution in [-0.2, 0) is 0 Å². The molecule has 26 heavy (non-hydrogen) atoms. The molecule has 1 aromatic heterocycles. The maximum atomic E-state index is 12.7. The number of anilines is 2. The first kappa shape index (κ1) is 20.0. The van der Waals surface area contributed by atoms with Crippen LogP contribution in [0.2, 0.25) is 5.02 Å². The summed E-state index contributed by atoms with van der Waals surface area (Å²) in [5.74, 6) is 0.239. The molecule has 1 amide bonds. The summed E-state index contributed by atoms with van der Waals surface area (Å²) in [5.41, 5.74) is 2.81. The van der Waals surface area contributed by atoms with Gasteiger partial charge >= 0.3 is 0 Å². The fraction of sp³-hybridized carbons (Fsp3) is 0.400. The molecule has 1 N–H and O–H groups in total. The number of methoxy groups -OCH3 is 1. The van der Waals surface area contributed by atoms with Crippen LogP contribution in [0.5, 0.6) is 5.75 Å². The van der Waals surface area contributed by atoms with Crippen LogP contribution < -0.4 is 15.0 Å². The number of aromatic nitrogens is 1. The number of carbonyl (C=O) groups excluding carboxylic acids is 1. The van der Waals surface area contributed by atoms with E-state index in [1.807, 2.05) is 19.1 Å². The highest BCUT2D eigenvalue weighted by Gasteiger charge is 2.14. The first-order chi connectivity index (χ1) is 12.5. The molecule has 0 bridgehead atoms. The second-order valence-corrected chi connectivity index (χ2v) is 6.55. The number of amides is 1. The Balaban J connectivity index is 2.25.